The van der Waals surface area contributed by atoms with E-state index in [2.05, 4.69) is 38.0 Å². The summed E-state index contributed by atoms with van der Waals surface area (Å²) in [5.41, 5.74) is 1.52. The summed E-state index contributed by atoms with van der Waals surface area (Å²) in [5, 5.41) is 12.6. The maximum Gasteiger partial charge on any atom is 0.234 e. The van der Waals surface area contributed by atoms with Crippen molar-refractivity contribution in [2.45, 2.75) is 11.7 Å². The third kappa shape index (κ3) is 4.80. The summed E-state index contributed by atoms with van der Waals surface area (Å²) < 4.78 is 2.73. The molecule has 0 atom stereocenters. The minimum absolute atomic E-state index is 0.126. The summed E-state index contributed by atoms with van der Waals surface area (Å²) in [6.45, 7) is 4.31. The maximum absolute atomic E-state index is 12.3. The number of anilines is 1. The highest BCUT2D eigenvalue weighted by atomic mass is 79.9. The first-order chi connectivity index (χ1) is 13.1. The highest BCUT2D eigenvalue weighted by Gasteiger charge is 2.17. The van der Waals surface area contributed by atoms with Crippen LogP contribution in [0.25, 0.3) is 11.4 Å². The average molecular weight is 464 g/mol. The van der Waals surface area contributed by atoms with Gasteiger partial charge >= 0.3 is 0 Å². The van der Waals surface area contributed by atoms with Gasteiger partial charge in [0.1, 0.15) is 0 Å². The lowest BCUT2D eigenvalue weighted by atomic mass is 10.2. The summed E-state index contributed by atoms with van der Waals surface area (Å²) in [6.07, 6.45) is 1.76. The molecule has 1 amide bonds. The number of amides is 1. The minimum atomic E-state index is -0.126. The molecule has 0 aliphatic rings. The number of carbonyl (C=O) groups is 1. The Balaban J connectivity index is 1.75. The van der Waals surface area contributed by atoms with Crippen molar-refractivity contribution in [3.05, 3.63) is 70.7 Å². The molecule has 138 valence electrons. The van der Waals surface area contributed by atoms with E-state index >= 15 is 0 Å². The zero-order chi connectivity index (χ0) is 19.2. The number of aromatic nitrogens is 3. The summed E-state index contributed by atoms with van der Waals surface area (Å²) in [7, 11) is 0. The molecule has 1 heterocycles. The van der Waals surface area contributed by atoms with E-state index in [-0.39, 0.29) is 11.7 Å². The molecule has 0 saturated heterocycles. The van der Waals surface area contributed by atoms with Crippen molar-refractivity contribution in [1.82, 2.24) is 14.8 Å². The molecule has 0 radical (unpaired) electrons. The topological polar surface area (TPSA) is 59.8 Å². The molecular weight excluding hydrogens is 448 g/mol. The van der Waals surface area contributed by atoms with E-state index in [0.29, 0.717) is 22.5 Å². The zero-order valence-corrected chi connectivity index (χ0v) is 17.4. The van der Waals surface area contributed by atoms with Crippen LogP contribution in [-0.4, -0.2) is 26.4 Å². The van der Waals surface area contributed by atoms with Crippen LogP contribution in [0, 0.1) is 0 Å². The summed E-state index contributed by atoms with van der Waals surface area (Å²) in [4.78, 5) is 12.3. The van der Waals surface area contributed by atoms with Crippen molar-refractivity contribution in [1.29, 1.82) is 0 Å². The second-order valence-corrected chi connectivity index (χ2v) is 7.71. The number of carbonyl (C=O) groups excluding carboxylic acids is 1. The fourth-order valence-corrected chi connectivity index (χ4v) is 3.76. The van der Waals surface area contributed by atoms with Gasteiger partial charge in [-0.3, -0.25) is 9.36 Å². The van der Waals surface area contributed by atoms with Crippen LogP contribution in [-0.2, 0) is 11.3 Å². The molecule has 0 fully saturated rings. The number of thioether (sulfide) groups is 1. The van der Waals surface area contributed by atoms with Crippen LogP contribution >= 0.6 is 39.3 Å². The van der Waals surface area contributed by atoms with E-state index in [1.807, 2.05) is 53.1 Å². The molecule has 3 aromatic rings. The third-order valence-electron chi connectivity index (χ3n) is 3.62. The van der Waals surface area contributed by atoms with Gasteiger partial charge in [0.25, 0.3) is 0 Å². The van der Waals surface area contributed by atoms with Crippen LogP contribution in [0.1, 0.15) is 0 Å². The van der Waals surface area contributed by atoms with E-state index in [1.165, 1.54) is 11.8 Å². The van der Waals surface area contributed by atoms with Gasteiger partial charge in [-0.2, -0.15) is 0 Å². The number of allylic oxidation sites excluding steroid dienone is 1. The van der Waals surface area contributed by atoms with Gasteiger partial charge in [0.2, 0.25) is 5.91 Å². The Morgan fingerprint density at radius 2 is 1.96 bits per heavy atom. The molecule has 27 heavy (non-hydrogen) atoms. The number of nitrogens with one attached hydrogen (secondary N) is 1. The molecule has 0 unspecified atom stereocenters. The van der Waals surface area contributed by atoms with Crippen molar-refractivity contribution in [2.24, 2.45) is 0 Å². The largest absolute Gasteiger partial charge is 0.324 e. The van der Waals surface area contributed by atoms with Crippen molar-refractivity contribution in [3.63, 3.8) is 0 Å². The molecule has 8 heteroatoms. The van der Waals surface area contributed by atoms with Crippen molar-refractivity contribution < 1.29 is 4.79 Å². The van der Waals surface area contributed by atoms with E-state index < -0.39 is 0 Å². The van der Waals surface area contributed by atoms with Crippen molar-refractivity contribution >= 4 is 50.9 Å². The molecule has 2 aromatic carbocycles. The lowest BCUT2D eigenvalue weighted by Gasteiger charge is -2.09. The van der Waals surface area contributed by atoms with Crippen LogP contribution in [0.15, 0.2) is 70.8 Å². The summed E-state index contributed by atoms with van der Waals surface area (Å²) >= 11 is 11.0. The molecule has 0 aliphatic heterocycles. The Morgan fingerprint density at radius 1 is 1.22 bits per heavy atom. The average Bonchev–Trinajstić information content (AvgIpc) is 3.05. The molecule has 0 aliphatic carbocycles. The minimum Gasteiger partial charge on any atom is -0.324 e. The van der Waals surface area contributed by atoms with Crippen molar-refractivity contribution in [3.8, 4) is 11.4 Å². The molecule has 0 bridgehead atoms. The van der Waals surface area contributed by atoms with Gasteiger partial charge in [0.05, 0.1) is 16.5 Å². The lowest BCUT2D eigenvalue weighted by molar-refractivity contribution is -0.113. The van der Waals surface area contributed by atoms with Crippen LogP contribution < -0.4 is 5.32 Å². The maximum atomic E-state index is 12.3. The number of hydrogen-bond donors (Lipinski definition) is 1. The third-order valence-corrected chi connectivity index (χ3v) is 5.61. The molecule has 0 saturated carbocycles. The monoisotopic (exact) mass is 462 g/mol. The molecule has 3 rings (SSSR count). The van der Waals surface area contributed by atoms with Crippen LogP contribution in [0.3, 0.4) is 0 Å². The van der Waals surface area contributed by atoms with E-state index in [4.69, 9.17) is 11.6 Å². The Hall–Kier alpha value is -2.09. The number of rotatable bonds is 7. The number of nitrogens with zero attached hydrogens (tertiary/aromatic N) is 3. The molecule has 1 aromatic heterocycles. The van der Waals surface area contributed by atoms with Crippen LogP contribution in [0.4, 0.5) is 5.69 Å². The summed E-state index contributed by atoms with van der Waals surface area (Å²) in [6, 6.07) is 14.9. The Morgan fingerprint density at radius 3 is 2.70 bits per heavy atom. The smallest absolute Gasteiger partial charge is 0.234 e. The van der Waals surface area contributed by atoms with E-state index in [1.54, 1.807) is 6.08 Å². The number of halogens is 2. The Labute approximate surface area is 175 Å². The zero-order valence-electron chi connectivity index (χ0n) is 14.2. The number of benzene rings is 2. The van der Waals surface area contributed by atoms with Gasteiger partial charge in [0, 0.05) is 16.6 Å². The second kappa shape index (κ2) is 9.21. The molecule has 1 N–H and O–H groups in total. The summed E-state index contributed by atoms with van der Waals surface area (Å²) in [5.74, 6) is 0.729. The van der Waals surface area contributed by atoms with Crippen LogP contribution in [0.5, 0.6) is 0 Å². The van der Waals surface area contributed by atoms with Gasteiger partial charge in [-0.1, -0.05) is 53.7 Å². The Bertz CT molecular complexity index is 976. The molecular formula is C19H16BrClN4OS. The highest BCUT2D eigenvalue weighted by molar-refractivity contribution is 9.10. The first-order valence-corrected chi connectivity index (χ1v) is 10.2. The van der Waals surface area contributed by atoms with Gasteiger partial charge < -0.3 is 5.32 Å². The number of hydrogen-bond acceptors (Lipinski definition) is 4. The van der Waals surface area contributed by atoms with Gasteiger partial charge in [-0.25, -0.2) is 0 Å². The fraction of sp³-hybridized carbons (Fsp3) is 0.105. The van der Waals surface area contributed by atoms with E-state index in [0.717, 1.165) is 15.7 Å². The predicted octanol–water partition coefficient (Wildman–Crippen LogP) is 5.28. The predicted molar refractivity (Wildman–Crippen MR) is 114 cm³/mol. The lowest BCUT2D eigenvalue weighted by Crippen LogP contribution is -2.15. The van der Waals surface area contributed by atoms with Gasteiger partial charge in [-0.15, -0.1) is 16.8 Å². The first kappa shape index (κ1) is 19.7. The Kier molecular flexibility index (Phi) is 6.71. The van der Waals surface area contributed by atoms with Gasteiger partial charge in [0.15, 0.2) is 11.0 Å². The van der Waals surface area contributed by atoms with E-state index in [9.17, 15) is 4.79 Å². The molecule has 5 nitrogen and oxygen atoms in total. The second-order valence-electron chi connectivity index (χ2n) is 5.50. The van der Waals surface area contributed by atoms with Crippen LogP contribution in [0.2, 0.25) is 5.02 Å². The highest BCUT2D eigenvalue weighted by Crippen LogP contribution is 2.29. The normalized spacial score (nSPS) is 10.6. The molecule has 0 spiro atoms. The fourth-order valence-electron chi connectivity index (χ4n) is 2.41. The van der Waals surface area contributed by atoms with Crippen molar-refractivity contribution in [2.75, 3.05) is 11.1 Å². The first-order valence-electron chi connectivity index (χ1n) is 8.06. The quantitative estimate of drug-likeness (QED) is 0.383. The number of para-hydroxylation sites is 1. The standard InChI is InChI=1S/C19H16BrClN4OS/c1-2-11-25-18(13-7-3-5-9-15(13)21)23-24-19(25)27-12-17(26)22-16-10-6-4-8-14(16)20/h2-10H,1,11-12H2,(H,22,26). The SMILES string of the molecule is C=CCn1c(SCC(=O)Nc2ccccc2Br)nnc1-c1ccccc1Cl. The van der Waals surface area contributed by atoms with Gasteiger partial charge in [-0.05, 0) is 40.2 Å².